The smallest absolute Gasteiger partial charge is 0.243 e. The zero-order chi connectivity index (χ0) is 16.8. The van der Waals surface area contributed by atoms with E-state index in [9.17, 15) is 18.0 Å². The number of hydrogen-bond donors (Lipinski definition) is 3. The average molecular weight is 345 g/mol. The predicted molar refractivity (Wildman–Crippen MR) is 85.6 cm³/mol. The molecular formula is C15H18F3N3OS. The van der Waals surface area contributed by atoms with Gasteiger partial charge < -0.3 is 16.0 Å². The van der Waals surface area contributed by atoms with Gasteiger partial charge in [0.15, 0.2) is 22.6 Å². The Bertz CT molecular complexity index is 592. The lowest BCUT2D eigenvalue weighted by Crippen LogP contribution is -2.45. The Kier molecular flexibility index (Phi) is 6.20. The van der Waals surface area contributed by atoms with Crippen molar-refractivity contribution >= 4 is 28.9 Å². The van der Waals surface area contributed by atoms with E-state index in [1.165, 1.54) is 6.42 Å². The first-order valence-electron chi connectivity index (χ1n) is 7.45. The van der Waals surface area contributed by atoms with Crippen molar-refractivity contribution in [3.05, 3.63) is 29.6 Å². The summed E-state index contributed by atoms with van der Waals surface area (Å²) < 4.78 is 39.3. The maximum Gasteiger partial charge on any atom is 0.243 e. The SMILES string of the molecule is O=C(CNC(=S)NC1CCCCC1)Nc1ccc(F)c(F)c1F. The highest BCUT2D eigenvalue weighted by molar-refractivity contribution is 7.80. The minimum atomic E-state index is -1.62. The van der Waals surface area contributed by atoms with E-state index < -0.39 is 29.0 Å². The van der Waals surface area contributed by atoms with Gasteiger partial charge in [0.05, 0.1) is 12.2 Å². The van der Waals surface area contributed by atoms with Crippen molar-refractivity contribution in [3.63, 3.8) is 0 Å². The van der Waals surface area contributed by atoms with Crippen LogP contribution in [0.3, 0.4) is 0 Å². The molecule has 0 radical (unpaired) electrons. The van der Waals surface area contributed by atoms with Crippen LogP contribution in [0.4, 0.5) is 18.9 Å². The molecule has 8 heteroatoms. The van der Waals surface area contributed by atoms with Gasteiger partial charge in [0, 0.05) is 6.04 Å². The van der Waals surface area contributed by atoms with Crippen LogP contribution < -0.4 is 16.0 Å². The van der Waals surface area contributed by atoms with Gasteiger partial charge in [-0.25, -0.2) is 13.2 Å². The van der Waals surface area contributed by atoms with Crippen molar-refractivity contribution in [2.75, 3.05) is 11.9 Å². The normalized spacial score (nSPS) is 15.1. The van der Waals surface area contributed by atoms with Crippen LogP contribution in [0, 0.1) is 17.5 Å². The first kappa shape index (κ1) is 17.5. The number of carbonyl (C=O) groups is 1. The number of rotatable bonds is 4. The minimum Gasteiger partial charge on any atom is -0.360 e. The highest BCUT2D eigenvalue weighted by atomic mass is 32.1. The Hall–Kier alpha value is -1.83. The maximum absolute atomic E-state index is 13.4. The van der Waals surface area contributed by atoms with Crippen LogP contribution in [0.25, 0.3) is 0 Å². The van der Waals surface area contributed by atoms with E-state index in [0.29, 0.717) is 11.2 Å². The van der Waals surface area contributed by atoms with Crippen molar-refractivity contribution < 1.29 is 18.0 Å². The van der Waals surface area contributed by atoms with Gasteiger partial charge in [0.25, 0.3) is 0 Å². The Morgan fingerprint density at radius 2 is 1.83 bits per heavy atom. The first-order valence-corrected chi connectivity index (χ1v) is 7.86. The molecule has 126 valence electrons. The zero-order valence-corrected chi connectivity index (χ0v) is 13.2. The Labute approximate surface area is 137 Å². The molecule has 0 aliphatic heterocycles. The second-order valence-corrected chi connectivity index (χ2v) is 5.84. The Morgan fingerprint density at radius 3 is 2.52 bits per heavy atom. The number of amides is 1. The lowest BCUT2D eigenvalue weighted by atomic mass is 9.96. The molecule has 0 atom stereocenters. The molecule has 1 amide bonds. The van der Waals surface area contributed by atoms with Gasteiger partial charge in [-0.05, 0) is 37.2 Å². The molecule has 1 aliphatic carbocycles. The lowest BCUT2D eigenvalue weighted by Gasteiger charge is -2.24. The molecule has 1 fully saturated rings. The molecule has 1 aromatic rings. The van der Waals surface area contributed by atoms with E-state index in [0.717, 1.165) is 37.8 Å². The molecule has 1 saturated carbocycles. The van der Waals surface area contributed by atoms with E-state index in [1.807, 2.05) is 0 Å². The van der Waals surface area contributed by atoms with Crippen LogP contribution in [-0.4, -0.2) is 23.6 Å². The van der Waals surface area contributed by atoms with E-state index >= 15 is 0 Å². The number of carbonyl (C=O) groups excluding carboxylic acids is 1. The number of benzene rings is 1. The van der Waals surface area contributed by atoms with Crippen LogP contribution in [0.15, 0.2) is 12.1 Å². The summed E-state index contributed by atoms with van der Waals surface area (Å²) >= 11 is 5.10. The van der Waals surface area contributed by atoms with E-state index in [1.54, 1.807) is 0 Å². The number of hydrogen-bond acceptors (Lipinski definition) is 2. The standard InChI is InChI=1S/C15H18F3N3OS/c16-10-6-7-11(14(18)13(10)17)21-12(22)8-19-15(23)20-9-4-2-1-3-5-9/h6-7,9H,1-5,8H2,(H,21,22)(H2,19,20,23). The largest absolute Gasteiger partial charge is 0.360 e. The monoisotopic (exact) mass is 345 g/mol. The summed E-state index contributed by atoms with van der Waals surface area (Å²) in [5.74, 6) is -4.97. The molecule has 0 aromatic heterocycles. The fourth-order valence-corrected chi connectivity index (χ4v) is 2.70. The van der Waals surface area contributed by atoms with Crippen molar-refractivity contribution in [1.29, 1.82) is 0 Å². The molecule has 23 heavy (non-hydrogen) atoms. The quantitative estimate of drug-likeness (QED) is 0.580. The average Bonchev–Trinajstić information content (AvgIpc) is 2.54. The molecule has 0 saturated heterocycles. The molecular weight excluding hydrogens is 327 g/mol. The second kappa shape index (κ2) is 8.14. The molecule has 0 bridgehead atoms. The molecule has 3 N–H and O–H groups in total. The Balaban J connectivity index is 1.78. The van der Waals surface area contributed by atoms with Gasteiger partial charge in [-0.2, -0.15) is 0 Å². The van der Waals surface area contributed by atoms with Crippen LogP contribution in [0.2, 0.25) is 0 Å². The van der Waals surface area contributed by atoms with Gasteiger partial charge in [-0.15, -0.1) is 0 Å². The van der Waals surface area contributed by atoms with Crippen molar-refractivity contribution in [1.82, 2.24) is 10.6 Å². The third kappa shape index (κ3) is 5.09. The summed E-state index contributed by atoms with van der Waals surface area (Å²) in [5, 5.41) is 8.35. The molecule has 1 aromatic carbocycles. The number of halogens is 3. The summed E-state index contributed by atoms with van der Waals surface area (Å²) in [6.07, 6.45) is 5.59. The maximum atomic E-state index is 13.4. The summed E-state index contributed by atoms with van der Waals surface area (Å²) in [6, 6.07) is 2.01. The third-order valence-electron chi connectivity index (χ3n) is 3.66. The van der Waals surface area contributed by atoms with Crippen LogP contribution in [-0.2, 0) is 4.79 Å². The molecule has 1 aliphatic rings. The van der Waals surface area contributed by atoms with Crippen molar-refractivity contribution in [3.8, 4) is 0 Å². The molecule has 0 unspecified atom stereocenters. The lowest BCUT2D eigenvalue weighted by molar-refractivity contribution is -0.115. The fraction of sp³-hybridized carbons (Fsp3) is 0.467. The highest BCUT2D eigenvalue weighted by Crippen LogP contribution is 2.19. The van der Waals surface area contributed by atoms with E-state index in [2.05, 4.69) is 16.0 Å². The number of nitrogens with one attached hydrogen (secondary N) is 3. The summed E-state index contributed by atoms with van der Waals surface area (Å²) in [6.45, 7) is -0.197. The van der Waals surface area contributed by atoms with E-state index in [4.69, 9.17) is 12.2 Å². The molecule has 4 nitrogen and oxygen atoms in total. The van der Waals surface area contributed by atoms with Crippen LogP contribution in [0.5, 0.6) is 0 Å². The topological polar surface area (TPSA) is 53.2 Å². The van der Waals surface area contributed by atoms with Gasteiger partial charge >= 0.3 is 0 Å². The molecule has 0 spiro atoms. The summed E-state index contributed by atoms with van der Waals surface area (Å²) in [7, 11) is 0. The van der Waals surface area contributed by atoms with Crippen molar-refractivity contribution in [2.24, 2.45) is 0 Å². The second-order valence-electron chi connectivity index (χ2n) is 5.43. The predicted octanol–water partition coefficient (Wildman–Crippen LogP) is 2.84. The molecule has 0 heterocycles. The zero-order valence-electron chi connectivity index (χ0n) is 12.4. The highest BCUT2D eigenvalue weighted by Gasteiger charge is 2.16. The molecule has 2 rings (SSSR count). The van der Waals surface area contributed by atoms with Gasteiger partial charge in [-0.1, -0.05) is 19.3 Å². The van der Waals surface area contributed by atoms with E-state index in [-0.39, 0.29) is 6.54 Å². The van der Waals surface area contributed by atoms with Gasteiger partial charge in [0.1, 0.15) is 0 Å². The summed E-state index contributed by atoms with van der Waals surface area (Å²) in [4.78, 5) is 11.7. The Morgan fingerprint density at radius 1 is 1.13 bits per heavy atom. The number of anilines is 1. The van der Waals surface area contributed by atoms with Gasteiger partial charge in [0.2, 0.25) is 5.91 Å². The van der Waals surface area contributed by atoms with Crippen molar-refractivity contribution in [2.45, 2.75) is 38.1 Å². The van der Waals surface area contributed by atoms with Gasteiger partial charge in [-0.3, -0.25) is 4.79 Å². The summed E-state index contributed by atoms with van der Waals surface area (Å²) in [5.41, 5.74) is -0.415. The van der Waals surface area contributed by atoms with Crippen LogP contribution >= 0.6 is 12.2 Å². The third-order valence-corrected chi connectivity index (χ3v) is 3.92. The number of thiocarbonyl (C=S) groups is 1. The first-order chi connectivity index (χ1) is 11.0. The fourth-order valence-electron chi connectivity index (χ4n) is 2.46. The minimum absolute atomic E-state index is 0.197. The van der Waals surface area contributed by atoms with Crippen LogP contribution in [0.1, 0.15) is 32.1 Å².